The number of carboxylic acids is 1. The molecule has 1 aliphatic carbocycles. The predicted octanol–water partition coefficient (Wildman–Crippen LogP) is 5.08. The van der Waals surface area contributed by atoms with E-state index in [2.05, 4.69) is 6.08 Å². The molecule has 2 nitrogen and oxygen atoms in total. The lowest BCUT2D eigenvalue weighted by atomic mass is 9.96. The molecule has 0 unspecified atom stereocenters. The number of allylic oxidation sites excluding steroid dienone is 2. The van der Waals surface area contributed by atoms with Gasteiger partial charge in [0, 0.05) is 6.42 Å². The fourth-order valence-corrected chi connectivity index (χ4v) is 2.67. The third-order valence-electron chi connectivity index (χ3n) is 3.79. The SMILES string of the molecule is O=C(O)CCC=C1CCCCCCCCCCC1. The van der Waals surface area contributed by atoms with Crippen LogP contribution in [0.4, 0.5) is 0 Å². The van der Waals surface area contributed by atoms with Crippen LogP contribution in [0.15, 0.2) is 11.6 Å². The molecular weight excluding hydrogens is 224 g/mol. The topological polar surface area (TPSA) is 37.3 Å². The Balaban J connectivity index is 2.33. The van der Waals surface area contributed by atoms with Gasteiger partial charge >= 0.3 is 5.97 Å². The summed E-state index contributed by atoms with van der Waals surface area (Å²) in [6.45, 7) is 0. The normalized spacial score (nSPS) is 19.7. The molecular formula is C16H28O2. The first kappa shape index (κ1) is 15.3. The van der Waals surface area contributed by atoms with Crippen molar-refractivity contribution in [2.24, 2.45) is 0 Å². The Hall–Kier alpha value is -0.790. The lowest BCUT2D eigenvalue weighted by Crippen LogP contribution is -1.94. The van der Waals surface area contributed by atoms with Gasteiger partial charge in [-0.3, -0.25) is 4.79 Å². The minimum Gasteiger partial charge on any atom is -0.481 e. The Labute approximate surface area is 111 Å². The Bertz CT molecular complexity index is 242. The third-order valence-corrected chi connectivity index (χ3v) is 3.79. The van der Waals surface area contributed by atoms with E-state index in [1.807, 2.05) is 0 Å². The summed E-state index contributed by atoms with van der Waals surface area (Å²) in [5.41, 5.74) is 1.51. The molecule has 0 amide bonds. The number of aliphatic carboxylic acids is 1. The van der Waals surface area contributed by atoms with Gasteiger partial charge in [-0.15, -0.1) is 0 Å². The van der Waals surface area contributed by atoms with Crippen molar-refractivity contribution < 1.29 is 9.90 Å². The maximum atomic E-state index is 10.5. The molecule has 0 heterocycles. The molecule has 0 radical (unpaired) electrons. The van der Waals surface area contributed by atoms with Gasteiger partial charge in [0.25, 0.3) is 0 Å². The van der Waals surface area contributed by atoms with Crippen molar-refractivity contribution in [1.82, 2.24) is 0 Å². The maximum absolute atomic E-state index is 10.5. The lowest BCUT2D eigenvalue weighted by Gasteiger charge is -2.10. The molecule has 104 valence electrons. The van der Waals surface area contributed by atoms with Crippen molar-refractivity contribution >= 4 is 5.97 Å². The number of hydrogen-bond acceptors (Lipinski definition) is 1. The second-order valence-corrected chi connectivity index (χ2v) is 5.48. The summed E-state index contributed by atoms with van der Waals surface area (Å²) in [5.74, 6) is -0.681. The largest absolute Gasteiger partial charge is 0.481 e. The second kappa shape index (κ2) is 10.2. The standard InChI is InChI=1S/C16H28O2/c17-16(18)14-10-13-15-11-8-6-4-2-1-3-5-7-9-12-15/h13H,1-12,14H2,(H,17,18). The average molecular weight is 252 g/mol. The first-order valence-electron chi connectivity index (χ1n) is 7.69. The highest BCUT2D eigenvalue weighted by molar-refractivity contribution is 5.66. The Morgan fingerprint density at radius 3 is 1.78 bits per heavy atom. The molecule has 0 aromatic carbocycles. The fourth-order valence-electron chi connectivity index (χ4n) is 2.67. The zero-order valence-corrected chi connectivity index (χ0v) is 11.6. The van der Waals surface area contributed by atoms with Crippen molar-refractivity contribution in [3.8, 4) is 0 Å². The predicted molar refractivity (Wildman–Crippen MR) is 75.7 cm³/mol. The molecule has 0 aromatic heterocycles. The molecule has 0 saturated heterocycles. The smallest absolute Gasteiger partial charge is 0.303 e. The maximum Gasteiger partial charge on any atom is 0.303 e. The summed E-state index contributed by atoms with van der Waals surface area (Å²) in [6, 6.07) is 0. The number of carboxylic acid groups (broad SMARTS) is 1. The van der Waals surface area contributed by atoms with Crippen LogP contribution in [-0.4, -0.2) is 11.1 Å². The summed E-state index contributed by atoms with van der Waals surface area (Å²) < 4.78 is 0. The highest BCUT2D eigenvalue weighted by Gasteiger charge is 2.02. The highest BCUT2D eigenvalue weighted by atomic mass is 16.4. The molecule has 1 N–H and O–H groups in total. The van der Waals surface area contributed by atoms with Crippen LogP contribution in [-0.2, 0) is 4.79 Å². The van der Waals surface area contributed by atoms with E-state index in [0.29, 0.717) is 6.42 Å². The monoisotopic (exact) mass is 252 g/mol. The van der Waals surface area contributed by atoms with Crippen LogP contribution in [0.3, 0.4) is 0 Å². The van der Waals surface area contributed by atoms with E-state index in [1.54, 1.807) is 0 Å². The van der Waals surface area contributed by atoms with Gasteiger partial charge in [-0.25, -0.2) is 0 Å². The van der Waals surface area contributed by atoms with Crippen LogP contribution in [0.1, 0.15) is 83.5 Å². The van der Waals surface area contributed by atoms with E-state index >= 15 is 0 Å². The second-order valence-electron chi connectivity index (χ2n) is 5.48. The molecule has 0 spiro atoms. The Kier molecular flexibility index (Phi) is 8.62. The van der Waals surface area contributed by atoms with Gasteiger partial charge in [0.2, 0.25) is 0 Å². The molecule has 2 heteroatoms. The van der Waals surface area contributed by atoms with Crippen molar-refractivity contribution in [2.75, 3.05) is 0 Å². The van der Waals surface area contributed by atoms with E-state index < -0.39 is 5.97 Å². The van der Waals surface area contributed by atoms with E-state index in [-0.39, 0.29) is 6.42 Å². The number of rotatable bonds is 3. The molecule has 18 heavy (non-hydrogen) atoms. The first-order valence-corrected chi connectivity index (χ1v) is 7.69. The fraction of sp³-hybridized carbons (Fsp3) is 0.812. The Morgan fingerprint density at radius 2 is 1.33 bits per heavy atom. The van der Waals surface area contributed by atoms with Gasteiger partial charge in [0.05, 0.1) is 0 Å². The lowest BCUT2D eigenvalue weighted by molar-refractivity contribution is -0.136. The molecule has 1 fully saturated rings. The first-order chi connectivity index (χ1) is 8.79. The summed E-state index contributed by atoms with van der Waals surface area (Å²) in [7, 11) is 0. The van der Waals surface area contributed by atoms with Crippen molar-refractivity contribution in [1.29, 1.82) is 0 Å². The average Bonchev–Trinajstić information content (AvgIpc) is 2.31. The minimum atomic E-state index is -0.681. The van der Waals surface area contributed by atoms with E-state index in [0.717, 1.165) is 0 Å². The summed E-state index contributed by atoms with van der Waals surface area (Å²) in [4.78, 5) is 10.5. The van der Waals surface area contributed by atoms with Crippen LogP contribution < -0.4 is 0 Å². The summed E-state index contributed by atoms with van der Waals surface area (Å²) in [5, 5.41) is 8.66. The minimum absolute atomic E-state index is 0.281. The van der Waals surface area contributed by atoms with Crippen LogP contribution >= 0.6 is 0 Å². The van der Waals surface area contributed by atoms with Crippen LogP contribution in [0, 0.1) is 0 Å². The molecule has 0 atom stereocenters. The number of carbonyl (C=O) groups is 1. The zero-order chi connectivity index (χ0) is 13.1. The Morgan fingerprint density at radius 1 is 0.889 bits per heavy atom. The molecule has 0 bridgehead atoms. The van der Waals surface area contributed by atoms with Crippen LogP contribution in [0.5, 0.6) is 0 Å². The zero-order valence-electron chi connectivity index (χ0n) is 11.6. The molecule has 1 aliphatic rings. The molecule has 1 saturated carbocycles. The van der Waals surface area contributed by atoms with E-state index in [9.17, 15) is 4.79 Å². The van der Waals surface area contributed by atoms with Crippen molar-refractivity contribution in [3.05, 3.63) is 11.6 Å². The van der Waals surface area contributed by atoms with Crippen LogP contribution in [0.2, 0.25) is 0 Å². The van der Waals surface area contributed by atoms with Gasteiger partial charge in [-0.2, -0.15) is 0 Å². The highest BCUT2D eigenvalue weighted by Crippen LogP contribution is 2.21. The molecule has 0 aromatic rings. The molecule has 0 aliphatic heterocycles. The van der Waals surface area contributed by atoms with Crippen molar-refractivity contribution in [2.45, 2.75) is 83.5 Å². The number of hydrogen-bond donors (Lipinski definition) is 1. The van der Waals surface area contributed by atoms with Gasteiger partial charge < -0.3 is 5.11 Å². The third kappa shape index (κ3) is 8.32. The van der Waals surface area contributed by atoms with Gasteiger partial charge in [-0.1, -0.05) is 56.6 Å². The van der Waals surface area contributed by atoms with Crippen LogP contribution in [0.25, 0.3) is 0 Å². The van der Waals surface area contributed by atoms with Gasteiger partial charge in [-0.05, 0) is 32.1 Å². The summed E-state index contributed by atoms with van der Waals surface area (Å²) in [6.07, 6.45) is 17.8. The van der Waals surface area contributed by atoms with Gasteiger partial charge in [0.1, 0.15) is 0 Å². The van der Waals surface area contributed by atoms with E-state index in [1.165, 1.54) is 76.2 Å². The molecule has 1 rings (SSSR count). The van der Waals surface area contributed by atoms with Crippen molar-refractivity contribution in [3.63, 3.8) is 0 Å². The van der Waals surface area contributed by atoms with Gasteiger partial charge in [0.15, 0.2) is 0 Å². The quantitative estimate of drug-likeness (QED) is 0.711. The van der Waals surface area contributed by atoms with E-state index in [4.69, 9.17) is 5.11 Å². The summed E-state index contributed by atoms with van der Waals surface area (Å²) >= 11 is 0.